The summed E-state index contributed by atoms with van der Waals surface area (Å²) >= 11 is 0. The molecule has 1 aromatic heterocycles. The van der Waals surface area contributed by atoms with Crippen molar-refractivity contribution in [2.75, 3.05) is 13.2 Å². The molecule has 0 radical (unpaired) electrons. The third-order valence-electron chi connectivity index (χ3n) is 5.07. The number of likely N-dealkylation sites (tertiary alicyclic amines) is 1. The Balaban J connectivity index is 2.03. The third kappa shape index (κ3) is 2.88. The van der Waals surface area contributed by atoms with E-state index < -0.39 is 0 Å². The van der Waals surface area contributed by atoms with E-state index >= 15 is 0 Å². The van der Waals surface area contributed by atoms with Crippen LogP contribution >= 0.6 is 0 Å². The molecule has 0 spiro atoms. The molecule has 1 saturated heterocycles. The lowest BCUT2D eigenvalue weighted by atomic mass is 10.1. The minimum absolute atomic E-state index is 0.0247. The van der Waals surface area contributed by atoms with Crippen LogP contribution in [-0.2, 0) is 0 Å². The number of nitrogens with zero attached hydrogens (tertiary/aromatic N) is 1. The molecule has 0 aliphatic carbocycles. The highest BCUT2D eigenvalue weighted by atomic mass is 16.3. The Labute approximate surface area is 137 Å². The Hall–Kier alpha value is -1.81. The van der Waals surface area contributed by atoms with Crippen molar-refractivity contribution in [2.45, 2.75) is 52.5 Å². The lowest BCUT2D eigenvalue weighted by molar-refractivity contribution is 0.0594. The van der Waals surface area contributed by atoms with E-state index in [1.165, 1.54) is 5.56 Å². The van der Waals surface area contributed by atoms with Crippen LogP contribution in [-0.4, -0.2) is 40.1 Å². The molecular formula is C19H26N2O2. The van der Waals surface area contributed by atoms with E-state index in [0.717, 1.165) is 54.3 Å². The number of benzene rings is 1. The van der Waals surface area contributed by atoms with E-state index in [1.807, 2.05) is 11.8 Å². The number of hydrogen-bond acceptors (Lipinski definition) is 2. The first-order valence-electron chi connectivity index (χ1n) is 8.54. The van der Waals surface area contributed by atoms with Crippen LogP contribution in [0.3, 0.4) is 0 Å². The van der Waals surface area contributed by atoms with Gasteiger partial charge in [0.05, 0.1) is 12.6 Å². The van der Waals surface area contributed by atoms with E-state index in [2.05, 4.69) is 31.0 Å². The Morgan fingerprint density at radius 2 is 2.04 bits per heavy atom. The monoisotopic (exact) mass is 314 g/mol. The van der Waals surface area contributed by atoms with Gasteiger partial charge < -0.3 is 15.0 Å². The first kappa shape index (κ1) is 16.1. The molecular weight excluding hydrogens is 288 g/mol. The number of rotatable bonds is 2. The smallest absolute Gasteiger partial charge is 0.270 e. The number of aryl methyl sites for hydroxylation is 3. The van der Waals surface area contributed by atoms with Gasteiger partial charge >= 0.3 is 0 Å². The van der Waals surface area contributed by atoms with Crippen LogP contribution in [0.1, 0.15) is 52.9 Å². The predicted molar refractivity (Wildman–Crippen MR) is 92.9 cm³/mol. The molecule has 2 heterocycles. The van der Waals surface area contributed by atoms with Gasteiger partial charge in [-0.3, -0.25) is 4.79 Å². The predicted octanol–water partition coefficient (Wildman–Crippen LogP) is 3.47. The van der Waals surface area contributed by atoms with Crippen molar-refractivity contribution in [2.24, 2.45) is 0 Å². The van der Waals surface area contributed by atoms with Gasteiger partial charge in [-0.25, -0.2) is 0 Å². The maximum Gasteiger partial charge on any atom is 0.270 e. The second-order valence-electron chi connectivity index (χ2n) is 6.81. The SMILES string of the molecule is Cc1cc(C)c2[nH]c(C(=O)N3CCCCC[C@H]3CO)c(C)c2c1. The van der Waals surface area contributed by atoms with Crippen LogP contribution in [0.25, 0.3) is 10.9 Å². The van der Waals surface area contributed by atoms with Crippen molar-refractivity contribution >= 4 is 16.8 Å². The summed E-state index contributed by atoms with van der Waals surface area (Å²) in [6.45, 7) is 6.94. The van der Waals surface area contributed by atoms with Crippen molar-refractivity contribution in [1.29, 1.82) is 0 Å². The molecule has 0 unspecified atom stereocenters. The number of aromatic amines is 1. The Kier molecular flexibility index (Phi) is 4.44. The van der Waals surface area contributed by atoms with Crippen LogP contribution in [0.2, 0.25) is 0 Å². The van der Waals surface area contributed by atoms with Gasteiger partial charge in [-0.15, -0.1) is 0 Å². The molecule has 23 heavy (non-hydrogen) atoms. The molecule has 0 bridgehead atoms. The standard InChI is InChI=1S/C19H26N2O2/c1-12-9-13(2)17-16(10-12)14(3)18(20-17)19(23)21-8-6-4-5-7-15(21)11-22/h9-10,15,20,22H,4-8,11H2,1-3H3/t15-/m0/s1. The second kappa shape index (κ2) is 6.36. The lowest BCUT2D eigenvalue weighted by Gasteiger charge is -2.28. The summed E-state index contributed by atoms with van der Waals surface area (Å²) in [6.07, 6.45) is 4.11. The van der Waals surface area contributed by atoms with Crippen molar-refractivity contribution in [3.05, 3.63) is 34.5 Å². The number of carbonyl (C=O) groups excluding carboxylic acids is 1. The fourth-order valence-corrected chi connectivity index (χ4v) is 3.77. The number of nitrogens with one attached hydrogen (secondary N) is 1. The average molecular weight is 314 g/mol. The lowest BCUT2D eigenvalue weighted by Crippen LogP contribution is -2.42. The summed E-state index contributed by atoms with van der Waals surface area (Å²) in [4.78, 5) is 18.3. The van der Waals surface area contributed by atoms with Crippen LogP contribution in [0.4, 0.5) is 0 Å². The van der Waals surface area contributed by atoms with E-state index in [0.29, 0.717) is 5.69 Å². The molecule has 2 N–H and O–H groups in total. The quantitative estimate of drug-likeness (QED) is 0.892. The average Bonchev–Trinajstić information content (AvgIpc) is 2.73. The molecule has 124 valence electrons. The Bertz CT molecular complexity index is 733. The third-order valence-corrected chi connectivity index (χ3v) is 5.07. The van der Waals surface area contributed by atoms with Crippen molar-refractivity contribution in [3.63, 3.8) is 0 Å². The van der Waals surface area contributed by atoms with E-state index in [4.69, 9.17) is 0 Å². The highest BCUT2D eigenvalue weighted by Gasteiger charge is 2.28. The molecule has 1 atom stereocenters. The topological polar surface area (TPSA) is 56.3 Å². The number of hydrogen-bond donors (Lipinski definition) is 2. The maximum atomic E-state index is 13.1. The highest BCUT2D eigenvalue weighted by molar-refractivity contribution is 6.01. The summed E-state index contributed by atoms with van der Waals surface area (Å²) in [5, 5.41) is 10.8. The number of amides is 1. The molecule has 1 aliphatic rings. The first-order chi connectivity index (χ1) is 11.0. The van der Waals surface area contributed by atoms with Gasteiger partial charge in [0, 0.05) is 17.4 Å². The van der Waals surface area contributed by atoms with E-state index in [9.17, 15) is 9.90 Å². The minimum Gasteiger partial charge on any atom is -0.394 e. The number of carbonyl (C=O) groups is 1. The molecule has 1 aromatic carbocycles. The van der Waals surface area contributed by atoms with Crippen LogP contribution in [0.15, 0.2) is 12.1 Å². The fraction of sp³-hybridized carbons (Fsp3) is 0.526. The van der Waals surface area contributed by atoms with E-state index in [-0.39, 0.29) is 18.6 Å². The molecule has 1 aliphatic heterocycles. The zero-order chi connectivity index (χ0) is 16.6. The van der Waals surface area contributed by atoms with Crippen molar-refractivity contribution < 1.29 is 9.90 Å². The molecule has 1 amide bonds. The van der Waals surface area contributed by atoms with Gasteiger partial charge in [0.15, 0.2) is 0 Å². The second-order valence-corrected chi connectivity index (χ2v) is 6.81. The van der Waals surface area contributed by atoms with Gasteiger partial charge in [-0.05, 0) is 50.8 Å². The minimum atomic E-state index is -0.0568. The summed E-state index contributed by atoms with van der Waals surface area (Å²) in [5.41, 5.74) is 5.11. The summed E-state index contributed by atoms with van der Waals surface area (Å²) in [6, 6.07) is 4.21. The summed E-state index contributed by atoms with van der Waals surface area (Å²) < 4.78 is 0. The van der Waals surface area contributed by atoms with Gasteiger partial charge in [-0.1, -0.05) is 24.5 Å². The molecule has 4 nitrogen and oxygen atoms in total. The van der Waals surface area contributed by atoms with Crippen LogP contribution < -0.4 is 0 Å². The normalized spacial score (nSPS) is 19.1. The number of aliphatic hydroxyl groups is 1. The van der Waals surface area contributed by atoms with Crippen molar-refractivity contribution in [3.8, 4) is 0 Å². The van der Waals surface area contributed by atoms with Gasteiger partial charge in [-0.2, -0.15) is 0 Å². The molecule has 0 saturated carbocycles. The maximum absolute atomic E-state index is 13.1. The molecule has 3 rings (SSSR count). The van der Waals surface area contributed by atoms with Gasteiger partial charge in [0.25, 0.3) is 5.91 Å². The number of H-pyrrole nitrogens is 1. The van der Waals surface area contributed by atoms with Gasteiger partial charge in [0.1, 0.15) is 5.69 Å². The van der Waals surface area contributed by atoms with Crippen LogP contribution in [0.5, 0.6) is 0 Å². The summed E-state index contributed by atoms with van der Waals surface area (Å²) in [7, 11) is 0. The zero-order valence-corrected chi connectivity index (χ0v) is 14.3. The largest absolute Gasteiger partial charge is 0.394 e. The zero-order valence-electron chi connectivity index (χ0n) is 14.3. The fourth-order valence-electron chi connectivity index (χ4n) is 3.77. The summed E-state index contributed by atoms with van der Waals surface area (Å²) in [5.74, 6) is 0.0247. The molecule has 4 heteroatoms. The van der Waals surface area contributed by atoms with E-state index in [1.54, 1.807) is 0 Å². The van der Waals surface area contributed by atoms with Gasteiger partial charge in [0.2, 0.25) is 0 Å². The first-order valence-corrected chi connectivity index (χ1v) is 8.54. The number of aromatic nitrogens is 1. The molecule has 2 aromatic rings. The highest BCUT2D eigenvalue weighted by Crippen LogP contribution is 2.28. The van der Waals surface area contributed by atoms with Crippen molar-refractivity contribution in [1.82, 2.24) is 9.88 Å². The Morgan fingerprint density at radius 1 is 1.26 bits per heavy atom. The Morgan fingerprint density at radius 3 is 2.78 bits per heavy atom. The number of fused-ring (bicyclic) bond motifs is 1. The van der Waals surface area contributed by atoms with Crippen LogP contribution in [0, 0.1) is 20.8 Å². The molecule has 1 fully saturated rings. The number of aliphatic hydroxyl groups excluding tert-OH is 1.